The van der Waals surface area contributed by atoms with Crippen molar-refractivity contribution in [2.24, 2.45) is 5.92 Å². The van der Waals surface area contributed by atoms with Gasteiger partial charge < -0.3 is 14.2 Å². The molecule has 5 nitrogen and oxygen atoms in total. The molecule has 1 atom stereocenters. The summed E-state index contributed by atoms with van der Waals surface area (Å²) in [5.74, 6) is -0.504. The number of hydrogen-bond acceptors (Lipinski definition) is 5. The molecule has 0 amide bonds. The molecular weight excluding hydrogens is 320 g/mol. The predicted octanol–water partition coefficient (Wildman–Crippen LogP) is 3.72. The Morgan fingerprint density at radius 1 is 1.16 bits per heavy atom. The van der Waals surface area contributed by atoms with Gasteiger partial charge in [0.1, 0.15) is 5.60 Å². The lowest BCUT2D eigenvalue weighted by Gasteiger charge is -2.28. The minimum Gasteiger partial charge on any atom is -0.465 e. The molecule has 0 spiro atoms. The average Bonchev–Trinajstić information content (AvgIpc) is 2.58. The third kappa shape index (κ3) is 5.85. The van der Waals surface area contributed by atoms with E-state index in [1.807, 2.05) is 32.9 Å². The summed E-state index contributed by atoms with van der Waals surface area (Å²) >= 11 is 0. The quantitative estimate of drug-likeness (QED) is 0.759. The van der Waals surface area contributed by atoms with Gasteiger partial charge in [-0.25, -0.2) is 4.79 Å². The monoisotopic (exact) mass is 348 g/mol. The highest BCUT2D eigenvalue weighted by Gasteiger charge is 2.30. The molecule has 0 saturated carbocycles. The molecule has 0 N–H and O–H groups in total. The lowest BCUT2D eigenvalue weighted by molar-refractivity contribution is -0.157. The first kappa shape index (κ1) is 19.4. The highest BCUT2D eigenvalue weighted by atomic mass is 16.6. The molecular formula is C20H28O5. The van der Waals surface area contributed by atoms with Crippen molar-refractivity contribution in [1.82, 2.24) is 0 Å². The zero-order valence-corrected chi connectivity index (χ0v) is 15.5. The molecule has 1 heterocycles. The number of hydrogen-bond donors (Lipinski definition) is 0. The Balaban J connectivity index is 2.20. The van der Waals surface area contributed by atoms with E-state index in [-0.39, 0.29) is 17.9 Å². The molecule has 1 saturated heterocycles. The van der Waals surface area contributed by atoms with E-state index in [0.717, 1.165) is 38.0 Å². The summed E-state index contributed by atoms with van der Waals surface area (Å²) in [6, 6.07) is 7.03. The number of methoxy groups -OCH3 is 1. The number of ether oxygens (including phenoxy) is 3. The van der Waals surface area contributed by atoms with Crippen molar-refractivity contribution < 1.29 is 23.8 Å². The van der Waals surface area contributed by atoms with Crippen molar-refractivity contribution in [1.29, 1.82) is 0 Å². The van der Waals surface area contributed by atoms with Gasteiger partial charge in [-0.1, -0.05) is 12.1 Å². The Morgan fingerprint density at radius 2 is 1.76 bits per heavy atom. The molecule has 0 aliphatic carbocycles. The van der Waals surface area contributed by atoms with Crippen molar-refractivity contribution in [3.05, 3.63) is 35.4 Å². The van der Waals surface area contributed by atoms with Crippen LogP contribution in [0.25, 0.3) is 0 Å². The molecule has 1 aliphatic rings. The molecule has 1 aliphatic heterocycles. The Labute approximate surface area is 149 Å². The van der Waals surface area contributed by atoms with E-state index in [1.165, 1.54) is 7.11 Å². The highest BCUT2D eigenvalue weighted by Crippen LogP contribution is 2.31. The van der Waals surface area contributed by atoms with Gasteiger partial charge >= 0.3 is 11.9 Å². The van der Waals surface area contributed by atoms with Crippen LogP contribution in [0.5, 0.6) is 0 Å². The number of carbonyl (C=O) groups is 2. The van der Waals surface area contributed by atoms with Gasteiger partial charge in [0.15, 0.2) is 0 Å². The molecule has 1 fully saturated rings. The van der Waals surface area contributed by atoms with Crippen molar-refractivity contribution >= 4 is 11.9 Å². The third-order valence-electron chi connectivity index (χ3n) is 4.34. The molecule has 0 radical (unpaired) electrons. The second-order valence-corrected chi connectivity index (χ2v) is 7.49. The molecule has 1 aromatic carbocycles. The summed E-state index contributed by atoms with van der Waals surface area (Å²) in [6.45, 7) is 7.10. The van der Waals surface area contributed by atoms with Crippen LogP contribution in [0.4, 0.5) is 0 Å². The fourth-order valence-corrected chi connectivity index (χ4v) is 3.03. The summed E-state index contributed by atoms with van der Waals surface area (Å²) in [5, 5.41) is 0. The first-order chi connectivity index (χ1) is 11.8. The van der Waals surface area contributed by atoms with Crippen molar-refractivity contribution in [2.45, 2.75) is 51.6 Å². The van der Waals surface area contributed by atoms with E-state index in [2.05, 4.69) is 0 Å². The van der Waals surface area contributed by atoms with Crippen LogP contribution < -0.4 is 0 Å². The van der Waals surface area contributed by atoms with Gasteiger partial charge in [-0.3, -0.25) is 4.79 Å². The van der Waals surface area contributed by atoms with Gasteiger partial charge in [0, 0.05) is 13.2 Å². The summed E-state index contributed by atoms with van der Waals surface area (Å²) in [6.07, 6.45) is 2.65. The lowest BCUT2D eigenvalue weighted by atomic mass is 9.84. The number of rotatable bonds is 5. The summed E-state index contributed by atoms with van der Waals surface area (Å²) in [7, 11) is 1.35. The van der Waals surface area contributed by atoms with Gasteiger partial charge in [-0.05, 0) is 63.6 Å². The minimum atomic E-state index is -0.531. The minimum absolute atomic E-state index is 0.218. The van der Waals surface area contributed by atoms with Crippen molar-refractivity contribution in [3.8, 4) is 0 Å². The van der Waals surface area contributed by atoms with Crippen molar-refractivity contribution in [2.75, 3.05) is 20.3 Å². The number of benzene rings is 1. The Kier molecular flexibility index (Phi) is 6.59. The zero-order valence-electron chi connectivity index (χ0n) is 15.5. The summed E-state index contributed by atoms with van der Waals surface area (Å²) in [5.41, 5.74) is 0.811. The molecule has 0 bridgehead atoms. The lowest BCUT2D eigenvalue weighted by Crippen LogP contribution is -2.29. The highest BCUT2D eigenvalue weighted by molar-refractivity contribution is 5.89. The molecule has 138 valence electrons. The van der Waals surface area contributed by atoms with E-state index in [0.29, 0.717) is 11.5 Å². The van der Waals surface area contributed by atoms with Gasteiger partial charge in [-0.2, -0.15) is 0 Å². The first-order valence-corrected chi connectivity index (χ1v) is 8.79. The van der Waals surface area contributed by atoms with E-state index in [4.69, 9.17) is 14.2 Å². The van der Waals surface area contributed by atoms with Gasteiger partial charge in [0.2, 0.25) is 0 Å². The summed E-state index contributed by atoms with van der Waals surface area (Å²) < 4.78 is 15.8. The molecule has 0 aromatic heterocycles. The predicted molar refractivity (Wildman–Crippen MR) is 94.5 cm³/mol. The van der Waals surface area contributed by atoms with Crippen LogP contribution in [0.2, 0.25) is 0 Å². The van der Waals surface area contributed by atoms with Gasteiger partial charge in [-0.15, -0.1) is 0 Å². The van der Waals surface area contributed by atoms with Crippen LogP contribution >= 0.6 is 0 Å². The van der Waals surface area contributed by atoms with E-state index >= 15 is 0 Å². The average molecular weight is 348 g/mol. The van der Waals surface area contributed by atoms with E-state index in [1.54, 1.807) is 12.1 Å². The van der Waals surface area contributed by atoms with Crippen LogP contribution in [0.15, 0.2) is 24.3 Å². The fraction of sp³-hybridized carbons (Fsp3) is 0.600. The molecule has 1 aromatic rings. The van der Waals surface area contributed by atoms with Crippen LogP contribution in [0, 0.1) is 5.92 Å². The molecule has 2 rings (SSSR count). The largest absolute Gasteiger partial charge is 0.465 e. The normalized spacial score (nSPS) is 17.0. The Hall–Kier alpha value is -1.88. The van der Waals surface area contributed by atoms with Gasteiger partial charge in [0.25, 0.3) is 0 Å². The second-order valence-electron chi connectivity index (χ2n) is 7.49. The van der Waals surface area contributed by atoms with Crippen LogP contribution in [-0.4, -0.2) is 37.9 Å². The maximum absolute atomic E-state index is 12.8. The Morgan fingerprint density at radius 3 is 2.28 bits per heavy atom. The van der Waals surface area contributed by atoms with Crippen LogP contribution in [-0.2, 0) is 19.0 Å². The van der Waals surface area contributed by atoms with Crippen LogP contribution in [0.3, 0.4) is 0 Å². The summed E-state index contributed by atoms with van der Waals surface area (Å²) in [4.78, 5) is 24.4. The molecule has 1 unspecified atom stereocenters. The number of carbonyl (C=O) groups excluding carboxylic acids is 2. The van der Waals surface area contributed by atoms with Gasteiger partial charge in [0.05, 0.1) is 18.6 Å². The SMILES string of the molecule is COC(=O)c1ccc(C(CC2CCOCC2)C(=O)OC(C)(C)C)cc1. The van der Waals surface area contributed by atoms with Crippen LogP contribution in [0.1, 0.15) is 61.9 Å². The number of esters is 2. The third-order valence-corrected chi connectivity index (χ3v) is 4.34. The Bertz CT molecular complexity index is 579. The van der Waals surface area contributed by atoms with Crippen molar-refractivity contribution in [3.63, 3.8) is 0 Å². The maximum Gasteiger partial charge on any atom is 0.337 e. The molecule has 25 heavy (non-hydrogen) atoms. The zero-order chi connectivity index (χ0) is 18.4. The van der Waals surface area contributed by atoms with E-state index < -0.39 is 5.60 Å². The smallest absolute Gasteiger partial charge is 0.337 e. The topological polar surface area (TPSA) is 61.8 Å². The fourth-order valence-electron chi connectivity index (χ4n) is 3.03. The second kappa shape index (κ2) is 8.48. The first-order valence-electron chi connectivity index (χ1n) is 8.79. The molecule has 5 heteroatoms. The maximum atomic E-state index is 12.8. The standard InChI is InChI=1S/C20H28O5/c1-20(2,3)25-19(22)17(13-14-9-11-24-12-10-14)15-5-7-16(8-6-15)18(21)23-4/h5-8,14,17H,9-13H2,1-4H3. The van der Waals surface area contributed by atoms with E-state index in [9.17, 15) is 9.59 Å².